The van der Waals surface area contributed by atoms with Gasteiger partial charge in [-0.1, -0.05) is 38.0 Å². The van der Waals surface area contributed by atoms with Crippen LogP contribution in [0.5, 0.6) is 5.75 Å². The number of anilines is 1. The second-order valence-electron chi connectivity index (χ2n) is 11.2. The Hall–Kier alpha value is -3.57. The summed E-state index contributed by atoms with van der Waals surface area (Å²) in [7, 11) is -4.16. The molecule has 12 nitrogen and oxygen atoms in total. The smallest absolute Gasteiger partial charge is 0.459 e. The van der Waals surface area contributed by atoms with E-state index in [4.69, 9.17) is 29.2 Å². The summed E-state index contributed by atoms with van der Waals surface area (Å²) in [5, 5.41) is 3.65. The maximum absolute atomic E-state index is 14.4. The zero-order valence-corrected chi connectivity index (χ0v) is 27.2. The fourth-order valence-corrected chi connectivity index (χ4v) is 6.61. The number of pyridine rings is 2. The third kappa shape index (κ3) is 7.74. The van der Waals surface area contributed by atoms with Gasteiger partial charge < -0.3 is 24.3 Å². The number of nitrogen functional groups attached to an aromatic ring is 1. The van der Waals surface area contributed by atoms with E-state index >= 15 is 0 Å². The van der Waals surface area contributed by atoms with Crippen molar-refractivity contribution >= 4 is 41.5 Å². The molecule has 0 spiro atoms. The van der Waals surface area contributed by atoms with E-state index in [0.717, 1.165) is 29.3 Å². The Bertz CT molecular complexity index is 1610. The number of fused-ring (bicyclic) bond motifs is 3. The summed E-state index contributed by atoms with van der Waals surface area (Å²) < 4.78 is 39.8. The lowest BCUT2D eigenvalue weighted by Crippen LogP contribution is -2.40. The van der Waals surface area contributed by atoms with Crippen LogP contribution in [0.25, 0.3) is 21.9 Å². The van der Waals surface area contributed by atoms with Crippen LogP contribution in [0.3, 0.4) is 0 Å². The molecule has 0 bridgehead atoms. The zero-order chi connectivity index (χ0) is 31.9. The summed E-state index contributed by atoms with van der Waals surface area (Å²) in [6, 6.07) is 9.89. The van der Waals surface area contributed by atoms with Crippen LogP contribution >= 0.6 is 7.75 Å². The molecule has 0 saturated heterocycles. The highest BCUT2D eigenvalue weighted by atomic mass is 31.2. The Kier molecular flexibility index (Phi) is 11.0. The van der Waals surface area contributed by atoms with Crippen LogP contribution in [0.2, 0.25) is 0 Å². The molecule has 3 aromatic heterocycles. The molecule has 0 aliphatic heterocycles. The highest BCUT2D eigenvalue weighted by Crippen LogP contribution is 2.47. The number of para-hydroxylation sites is 1. The normalized spacial score (nSPS) is 15.2. The summed E-state index contributed by atoms with van der Waals surface area (Å²) in [6.07, 6.45) is 5.08. The van der Waals surface area contributed by atoms with Crippen LogP contribution in [-0.2, 0) is 35.5 Å². The Morgan fingerprint density at radius 2 is 1.84 bits per heavy atom. The standard InChI is InChI=1S/C31H43N6O6P/c1-7-9-16-31(6,20-41-44(39,43-23-14-17-33-18-15-23)36-22(5)30(38)42-21(3)4)37-26(19-40-8-2)35-27-28(37)24-12-10-11-13-25(24)34-29(27)32/h10-15,17-18,21-22H,7-9,16,19-20H2,1-6H3,(H2,32,34)(H,36,39)/t22-,31-,44-/m0/s1. The van der Waals surface area contributed by atoms with Crippen molar-refractivity contribution in [2.24, 2.45) is 0 Å². The number of ether oxygens (including phenoxy) is 2. The summed E-state index contributed by atoms with van der Waals surface area (Å²) in [4.78, 5) is 26.2. The highest BCUT2D eigenvalue weighted by Gasteiger charge is 2.39. The van der Waals surface area contributed by atoms with Crippen molar-refractivity contribution in [1.29, 1.82) is 0 Å². The molecule has 238 valence electrons. The molecule has 0 radical (unpaired) electrons. The molecule has 3 N–H and O–H groups in total. The topological polar surface area (TPSA) is 153 Å². The highest BCUT2D eigenvalue weighted by molar-refractivity contribution is 7.52. The van der Waals surface area contributed by atoms with E-state index < -0.39 is 25.3 Å². The van der Waals surface area contributed by atoms with Crippen molar-refractivity contribution in [3.05, 3.63) is 54.6 Å². The molecule has 0 unspecified atom stereocenters. The third-order valence-corrected chi connectivity index (χ3v) is 8.74. The van der Waals surface area contributed by atoms with Crippen LogP contribution in [0, 0.1) is 0 Å². The third-order valence-electron chi connectivity index (χ3n) is 7.11. The van der Waals surface area contributed by atoms with Gasteiger partial charge in [0.05, 0.1) is 29.3 Å². The Balaban J connectivity index is 1.81. The van der Waals surface area contributed by atoms with Gasteiger partial charge in [-0.3, -0.25) is 14.3 Å². The molecule has 3 heterocycles. The number of nitrogens with zero attached hydrogens (tertiary/aromatic N) is 4. The van der Waals surface area contributed by atoms with Crippen LogP contribution in [-0.4, -0.2) is 50.8 Å². The first-order valence-electron chi connectivity index (χ1n) is 15.0. The van der Waals surface area contributed by atoms with E-state index in [1.807, 2.05) is 38.1 Å². The molecular formula is C31H43N6O6P. The first-order chi connectivity index (χ1) is 21.0. The Labute approximate surface area is 258 Å². The van der Waals surface area contributed by atoms with E-state index in [0.29, 0.717) is 30.2 Å². The molecule has 0 aliphatic rings. The number of carbonyl (C=O) groups is 1. The van der Waals surface area contributed by atoms with Crippen molar-refractivity contribution in [3.63, 3.8) is 0 Å². The number of benzene rings is 1. The average Bonchev–Trinajstić information content (AvgIpc) is 3.39. The van der Waals surface area contributed by atoms with Gasteiger partial charge in [0.2, 0.25) is 0 Å². The maximum atomic E-state index is 14.4. The number of rotatable bonds is 16. The first kappa shape index (κ1) is 33.3. The number of hydrogen-bond donors (Lipinski definition) is 2. The van der Waals surface area contributed by atoms with E-state index in [-0.39, 0.29) is 25.1 Å². The minimum atomic E-state index is -4.16. The predicted octanol–water partition coefficient (Wildman–Crippen LogP) is 6.14. The number of unbranched alkanes of at least 4 members (excludes halogenated alkanes) is 1. The average molecular weight is 627 g/mol. The van der Waals surface area contributed by atoms with Gasteiger partial charge in [-0.15, -0.1) is 0 Å². The van der Waals surface area contributed by atoms with Crippen LogP contribution in [0.1, 0.15) is 66.6 Å². The molecule has 0 amide bonds. The summed E-state index contributed by atoms with van der Waals surface area (Å²) >= 11 is 0. The maximum Gasteiger partial charge on any atom is 0.459 e. The van der Waals surface area contributed by atoms with Crippen molar-refractivity contribution in [2.45, 2.75) is 85.1 Å². The number of hydrogen-bond acceptors (Lipinski definition) is 10. The lowest BCUT2D eigenvalue weighted by molar-refractivity contribution is -0.149. The first-order valence-corrected chi connectivity index (χ1v) is 16.5. The molecule has 4 rings (SSSR count). The van der Waals surface area contributed by atoms with Gasteiger partial charge in [0.15, 0.2) is 5.82 Å². The number of carbonyl (C=O) groups excluding carboxylic acids is 1. The van der Waals surface area contributed by atoms with Gasteiger partial charge in [-0.2, -0.15) is 5.09 Å². The minimum absolute atomic E-state index is 0.0601. The van der Waals surface area contributed by atoms with Crippen LogP contribution in [0.4, 0.5) is 5.82 Å². The van der Waals surface area contributed by atoms with Crippen molar-refractivity contribution in [3.8, 4) is 5.75 Å². The van der Waals surface area contributed by atoms with E-state index in [1.54, 1.807) is 32.9 Å². The van der Waals surface area contributed by atoms with E-state index in [1.165, 1.54) is 12.4 Å². The van der Waals surface area contributed by atoms with Gasteiger partial charge >= 0.3 is 13.7 Å². The SMILES string of the molecule is CCCC[C@@](C)(CO[P@@](=O)(N[C@@H](C)C(=O)OC(C)C)Oc1ccncc1)n1c(COCC)nc2c(N)nc3ccccc3c21. The van der Waals surface area contributed by atoms with Crippen LogP contribution < -0.4 is 15.3 Å². The zero-order valence-electron chi connectivity index (χ0n) is 26.3. The number of aromatic nitrogens is 4. The van der Waals surface area contributed by atoms with Gasteiger partial charge in [0, 0.05) is 24.4 Å². The van der Waals surface area contributed by atoms with Crippen molar-refractivity contribution in [2.75, 3.05) is 18.9 Å². The van der Waals surface area contributed by atoms with Gasteiger partial charge in [0.25, 0.3) is 0 Å². The van der Waals surface area contributed by atoms with Gasteiger partial charge in [-0.25, -0.2) is 14.5 Å². The minimum Gasteiger partial charge on any atom is -0.462 e. The fraction of sp³-hybridized carbons (Fsp3) is 0.484. The molecule has 4 aromatic rings. The quantitative estimate of drug-likeness (QED) is 0.109. The van der Waals surface area contributed by atoms with E-state index in [2.05, 4.69) is 26.5 Å². The summed E-state index contributed by atoms with van der Waals surface area (Å²) in [6.45, 7) is 11.7. The molecule has 3 atom stereocenters. The predicted molar refractivity (Wildman–Crippen MR) is 170 cm³/mol. The lowest BCUT2D eigenvalue weighted by Gasteiger charge is -2.35. The Morgan fingerprint density at radius 1 is 1.11 bits per heavy atom. The molecular weight excluding hydrogens is 583 g/mol. The van der Waals surface area contributed by atoms with Crippen LogP contribution in [0.15, 0.2) is 48.8 Å². The van der Waals surface area contributed by atoms with Crippen molar-refractivity contribution < 1.29 is 27.9 Å². The monoisotopic (exact) mass is 626 g/mol. The number of nitrogens with two attached hydrogens (primary N) is 1. The number of esters is 1. The van der Waals surface area contributed by atoms with Gasteiger partial charge in [0.1, 0.15) is 29.7 Å². The molecule has 13 heteroatoms. The van der Waals surface area contributed by atoms with E-state index in [9.17, 15) is 9.36 Å². The second kappa shape index (κ2) is 14.5. The molecule has 0 saturated carbocycles. The lowest BCUT2D eigenvalue weighted by atomic mass is 9.94. The molecule has 0 fully saturated rings. The molecule has 44 heavy (non-hydrogen) atoms. The number of imidazole rings is 1. The van der Waals surface area contributed by atoms with Gasteiger partial charge in [-0.05, 0) is 59.2 Å². The number of nitrogens with one attached hydrogen (secondary N) is 1. The summed E-state index contributed by atoms with van der Waals surface area (Å²) in [5.41, 5.74) is 7.72. The fourth-order valence-electron chi connectivity index (χ4n) is 5.00. The Morgan fingerprint density at radius 3 is 2.52 bits per heavy atom. The van der Waals surface area contributed by atoms with Crippen molar-refractivity contribution in [1.82, 2.24) is 24.6 Å². The largest absolute Gasteiger partial charge is 0.462 e. The summed E-state index contributed by atoms with van der Waals surface area (Å²) in [5.74, 6) is 0.635. The molecule has 0 aliphatic carbocycles. The molecule has 1 aromatic carbocycles. The second-order valence-corrected chi connectivity index (χ2v) is 12.9.